The Morgan fingerprint density at radius 3 is 1.80 bits per heavy atom. The van der Waals surface area contributed by atoms with Crippen LogP contribution in [0, 0.1) is 0 Å². The third kappa shape index (κ3) is 91.0. The number of thiocarbonyl (C=S) groups is 1. The molecule has 0 heterocycles. The molecule has 0 bridgehead atoms. The van der Waals surface area contributed by atoms with Gasteiger partial charge in [0.1, 0.15) is 0 Å². The van der Waals surface area contributed by atoms with E-state index >= 15 is 0 Å². The molecule has 0 radical (unpaired) electrons. The van der Waals surface area contributed by atoms with Crippen LogP contribution in [0.15, 0.2) is 0 Å². The van der Waals surface area contributed by atoms with Crippen molar-refractivity contribution in [1.29, 1.82) is 0 Å². The van der Waals surface area contributed by atoms with Crippen LogP contribution in [0.1, 0.15) is 6.92 Å². The topological polar surface area (TPSA) is 26.0 Å². The first kappa shape index (κ1) is 9.13. The van der Waals surface area contributed by atoms with Gasteiger partial charge in [0, 0.05) is 21.1 Å². The summed E-state index contributed by atoms with van der Waals surface area (Å²) in [7, 11) is 0. The molecule has 0 amide bonds. The minimum atomic E-state index is 0. The molecule has 0 spiro atoms. The van der Waals surface area contributed by atoms with Crippen LogP contribution < -0.4 is 5.73 Å². The predicted octanol–water partition coefficient (Wildman–Crippen LogP) is 0.290. The Bertz CT molecular complexity index is 32.6. The summed E-state index contributed by atoms with van der Waals surface area (Å²) in [6, 6.07) is 0. The van der Waals surface area contributed by atoms with Crippen molar-refractivity contribution in [3.8, 4) is 0 Å². The minimum Gasteiger partial charge on any atom is -0.394 e. The Labute approximate surface area is 51.2 Å². The molecule has 0 aliphatic carbocycles. The van der Waals surface area contributed by atoms with Crippen molar-refractivity contribution in [2.24, 2.45) is 5.73 Å². The van der Waals surface area contributed by atoms with Crippen LogP contribution in [-0.2, 0) is 21.1 Å². The first-order valence-corrected chi connectivity index (χ1v) is 1.40. The van der Waals surface area contributed by atoms with Gasteiger partial charge in [-0.05, 0) is 6.92 Å². The van der Waals surface area contributed by atoms with Crippen molar-refractivity contribution in [3.05, 3.63) is 0 Å². The third-order valence-corrected chi connectivity index (χ3v) is 0. The van der Waals surface area contributed by atoms with Crippen molar-refractivity contribution >= 4 is 17.2 Å². The molecule has 0 aromatic rings. The van der Waals surface area contributed by atoms with Gasteiger partial charge in [0.25, 0.3) is 0 Å². The minimum absolute atomic E-state index is 0. The van der Waals surface area contributed by atoms with Gasteiger partial charge in [-0.1, -0.05) is 12.2 Å². The van der Waals surface area contributed by atoms with Crippen LogP contribution in [0.5, 0.6) is 0 Å². The summed E-state index contributed by atoms with van der Waals surface area (Å²) < 4.78 is 0. The van der Waals surface area contributed by atoms with E-state index in [1.54, 1.807) is 6.92 Å². The molecule has 0 unspecified atom stereocenters. The Kier molecular flexibility index (Phi) is 8.36. The monoisotopic (exact) mass is 173 g/mol. The summed E-state index contributed by atoms with van der Waals surface area (Å²) in [5.74, 6) is 0. The van der Waals surface area contributed by atoms with Gasteiger partial charge in [0.05, 0.1) is 4.99 Å². The fraction of sp³-hybridized carbons (Fsp3) is 0.500. The molecule has 30 valence electrons. The molecule has 0 aromatic heterocycles. The van der Waals surface area contributed by atoms with E-state index in [1.165, 1.54) is 0 Å². The zero-order chi connectivity index (χ0) is 3.58. The molecule has 0 saturated carbocycles. The van der Waals surface area contributed by atoms with E-state index in [-0.39, 0.29) is 21.1 Å². The molecule has 0 atom stereocenters. The van der Waals surface area contributed by atoms with Crippen LogP contribution >= 0.6 is 12.2 Å². The average Bonchev–Trinajstić information content (AvgIpc) is 0.811. The van der Waals surface area contributed by atoms with Crippen LogP contribution in [0.25, 0.3) is 0 Å². The Balaban J connectivity index is 0. The molecule has 0 aromatic carbocycles. The van der Waals surface area contributed by atoms with E-state index in [4.69, 9.17) is 5.73 Å². The number of hydrogen-bond donors (Lipinski definition) is 1. The van der Waals surface area contributed by atoms with Gasteiger partial charge in [0.15, 0.2) is 0 Å². The predicted molar refractivity (Wildman–Crippen MR) is 22.5 cm³/mol. The van der Waals surface area contributed by atoms with E-state index in [1.807, 2.05) is 0 Å². The zero-order valence-corrected chi connectivity index (χ0v) is 5.72. The van der Waals surface area contributed by atoms with Crippen LogP contribution in [0.4, 0.5) is 0 Å². The van der Waals surface area contributed by atoms with E-state index < -0.39 is 0 Å². The molecular formula is C2H5MoNS. The second-order valence-corrected chi connectivity index (χ2v) is 1.25. The van der Waals surface area contributed by atoms with Gasteiger partial charge in [0.2, 0.25) is 0 Å². The Morgan fingerprint density at radius 2 is 1.80 bits per heavy atom. The standard InChI is InChI=1S/C2H5NS.Mo/c1-2(3)4;/h1H3,(H2,3,4);. The van der Waals surface area contributed by atoms with E-state index in [0.29, 0.717) is 4.99 Å². The largest absolute Gasteiger partial charge is 0.394 e. The molecule has 0 aliphatic rings. The fourth-order valence-corrected chi connectivity index (χ4v) is 0. The number of rotatable bonds is 0. The number of nitrogens with two attached hydrogens (primary N) is 1. The van der Waals surface area contributed by atoms with Gasteiger partial charge in [-0.25, -0.2) is 0 Å². The van der Waals surface area contributed by atoms with Crippen LogP contribution in [-0.4, -0.2) is 4.99 Å². The second kappa shape index (κ2) is 4.58. The maximum absolute atomic E-state index is 4.84. The van der Waals surface area contributed by atoms with Gasteiger partial charge in [-0.15, -0.1) is 0 Å². The maximum atomic E-state index is 4.84. The summed E-state index contributed by atoms with van der Waals surface area (Å²) >= 11 is 4.31. The summed E-state index contributed by atoms with van der Waals surface area (Å²) in [5.41, 5.74) is 4.84. The van der Waals surface area contributed by atoms with Gasteiger partial charge in [-0.2, -0.15) is 0 Å². The van der Waals surface area contributed by atoms with Crippen molar-refractivity contribution < 1.29 is 21.1 Å². The van der Waals surface area contributed by atoms with Crippen molar-refractivity contribution in [1.82, 2.24) is 0 Å². The zero-order valence-electron chi connectivity index (χ0n) is 2.89. The molecule has 0 aliphatic heterocycles. The molecule has 1 nitrogen and oxygen atoms in total. The summed E-state index contributed by atoms with van der Waals surface area (Å²) in [4.78, 5) is 0.500. The summed E-state index contributed by atoms with van der Waals surface area (Å²) in [6.07, 6.45) is 0. The normalized spacial score (nSPS) is 5.00. The first-order valence-electron chi connectivity index (χ1n) is 0.993. The van der Waals surface area contributed by atoms with E-state index in [0.717, 1.165) is 0 Å². The van der Waals surface area contributed by atoms with E-state index in [9.17, 15) is 0 Å². The molecule has 0 rings (SSSR count). The first-order chi connectivity index (χ1) is 1.73. The van der Waals surface area contributed by atoms with Crippen LogP contribution in [0.2, 0.25) is 0 Å². The van der Waals surface area contributed by atoms with Crippen molar-refractivity contribution in [2.75, 3.05) is 0 Å². The summed E-state index contributed by atoms with van der Waals surface area (Å²) in [5, 5.41) is 0. The van der Waals surface area contributed by atoms with Gasteiger partial charge >= 0.3 is 0 Å². The van der Waals surface area contributed by atoms with Crippen molar-refractivity contribution in [3.63, 3.8) is 0 Å². The quantitative estimate of drug-likeness (QED) is 0.418. The molecule has 5 heavy (non-hydrogen) atoms. The second-order valence-electron chi connectivity index (χ2n) is 0.611. The molecular weight excluding hydrogens is 166 g/mol. The van der Waals surface area contributed by atoms with Gasteiger partial charge < -0.3 is 5.73 Å². The maximum Gasteiger partial charge on any atom is 0.0695 e. The third-order valence-electron chi connectivity index (χ3n) is 0. The van der Waals surface area contributed by atoms with Gasteiger partial charge in [-0.3, -0.25) is 0 Å². The Hall–Kier alpha value is 0.578. The fourth-order valence-electron chi connectivity index (χ4n) is 0. The molecule has 0 fully saturated rings. The molecule has 3 heteroatoms. The average molecular weight is 171 g/mol. The van der Waals surface area contributed by atoms with Crippen molar-refractivity contribution in [2.45, 2.75) is 6.92 Å². The molecule has 0 saturated heterocycles. The van der Waals surface area contributed by atoms with Crippen LogP contribution in [0.3, 0.4) is 0 Å². The number of hydrogen-bond acceptors (Lipinski definition) is 1. The van der Waals surface area contributed by atoms with E-state index in [2.05, 4.69) is 12.2 Å². The summed E-state index contributed by atoms with van der Waals surface area (Å²) in [6.45, 7) is 1.68. The SMILES string of the molecule is CC(N)=S.[Mo]. The smallest absolute Gasteiger partial charge is 0.0695 e. The Morgan fingerprint density at radius 1 is 1.80 bits per heavy atom. The molecule has 2 N–H and O–H groups in total.